The molecule has 2 heteroatoms. The van der Waals surface area contributed by atoms with Crippen LogP contribution >= 0.6 is 0 Å². The molecule has 0 atom stereocenters. The van der Waals surface area contributed by atoms with Gasteiger partial charge in [0.25, 0.3) is 5.95 Å². The first-order valence-electron chi connectivity index (χ1n) is 4.82. The van der Waals surface area contributed by atoms with E-state index >= 15 is 0 Å². The van der Waals surface area contributed by atoms with Crippen molar-refractivity contribution in [3.63, 3.8) is 0 Å². The largest absolute Gasteiger partial charge is 0.481 e. The average molecular weight is 194 g/mol. The van der Waals surface area contributed by atoms with Gasteiger partial charge in [0.15, 0.2) is 0 Å². The molecule has 0 spiro atoms. The number of rotatable bonds is 6. The molecular weight excluding hydrogens is 176 g/mol. The minimum atomic E-state index is -0.656. The Labute approximate surface area is 85.6 Å². The van der Waals surface area contributed by atoms with E-state index < -0.39 is 5.95 Å². The molecule has 0 unspecified atom stereocenters. The third-order valence-corrected chi connectivity index (χ3v) is 1.49. The summed E-state index contributed by atoms with van der Waals surface area (Å²) in [6.07, 6.45) is 15.9. The molecule has 78 valence electrons. The van der Waals surface area contributed by atoms with Crippen molar-refractivity contribution in [2.75, 3.05) is 0 Å². The van der Waals surface area contributed by atoms with Crippen LogP contribution in [-0.2, 0) is 0 Å². The van der Waals surface area contributed by atoms with Crippen molar-refractivity contribution >= 4 is 0 Å². The van der Waals surface area contributed by atoms with E-state index in [0.29, 0.717) is 0 Å². The second kappa shape index (κ2) is 9.65. The van der Waals surface area contributed by atoms with E-state index in [1.165, 1.54) is 6.08 Å². The van der Waals surface area contributed by atoms with Crippen molar-refractivity contribution < 1.29 is 10.2 Å². The second-order valence-electron chi connectivity index (χ2n) is 2.78. The lowest BCUT2D eigenvalue weighted by Gasteiger charge is -1.83. The van der Waals surface area contributed by atoms with Crippen molar-refractivity contribution in [3.8, 4) is 0 Å². The fourth-order valence-corrected chi connectivity index (χ4v) is 0.845. The number of aliphatic hydroxyl groups excluding tert-OH is 1. The standard InChI is InChI=1S/C12H18O2/c1-2-3-4-5-6-7-8-9-10-11-12(13)14/h3-4,6-7,9-11,13-14H,2,5,8H2,1H3. The van der Waals surface area contributed by atoms with Crippen LogP contribution in [0.2, 0.25) is 0 Å². The molecule has 0 aromatic rings. The van der Waals surface area contributed by atoms with Gasteiger partial charge in [-0.15, -0.1) is 0 Å². The van der Waals surface area contributed by atoms with Crippen molar-refractivity contribution in [2.45, 2.75) is 26.2 Å². The van der Waals surface area contributed by atoms with Crippen LogP contribution in [0.4, 0.5) is 0 Å². The molecular formula is C12H18O2. The molecule has 0 saturated carbocycles. The lowest BCUT2D eigenvalue weighted by atomic mass is 10.3. The number of allylic oxidation sites excluding steroid dienone is 7. The quantitative estimate of drug-likeness (QED) is 0.383. The van der Waals surface area contributed by atoms with E-state index in [1.54, 1.807) is 6.08 Å². The molecule has 0 amide bonds. The summed E-state index contributed by atoms with van der Waals surface area (Å²) in [4.78, 5) is 0. The first-order chi connectivity index (χ1) is 6.77. The summed E-state index contributed by atoms with van der Waals surface area (Å²) < 4.78 is 0. The monoisotopic (exact) mass is 194 g/mol. The maximum atomic E-state index is 8.39. The molecule has 0 rings (SSSR count). The number of hydrogen-bond acceptors (Lipinski definition) is 2. The molecule has 0 aromatic heterocycles. The molecule has 0 bridgehead atoms. The molecule has 0 aliphatic heterocycles. The summed E-state index contributed by atoms with van der Waals surface area (Å²) in [7, 11) is 0. The Balaban J connectivity index is 3.49. The maximum absolute atomic E-state index is 8.39. The molecule has 14 heavy (non-hydrogen) atoms. The number of aliphatic hydroxyl groups is 2. The Hall–Kier alpha value is -1.44. The zero-order chi connectivity index (χ0) is 10.6. The first-order valence-corrected chi connectivity index (χ1v) is 4.82. The van der Waals surface area contributed by atoms with Crippen LogP contribution in [0.25, 0.3) is 0 Å². The zero-order valence-corrected chi connectivity index (χ0v) is 8.56. The summed E-state index contributed by atoms with van der Waals surface area (Å²) in [6, 6.07) is 0. The van der Waals surface area contributed by atoms with Crippen molar-refractivity contribution in [2.24, 2.45) is 0 Å². The smallest absolute Gasteiger partial charge is 0.274 e. The Bertz CT molecular complexity index is 231. The lowest BCUT2D eigenvalue weighted by molar-refractivity contribution is 0.191. The van der Waals surface area contributed by atoms with E-state index in [4.69, 9.17) is 10.2 Å². The van der Waals surface area contributed by atoms with Crippen LogP contribution in [0.5, 0.6) is 0 Å². The van der Waals surface area contributed by atoms with Crippen LogP contribution in [0, 0.1) is 0 Å². The van der Waals surface area contributed by atoms with Gasteiger partial charge in [0.1, 0.15) is 0 Å². The molecule has 0 aliphatic rings. The van der Waals surface area contributed by atoms with Gasteiger partial charge >= 0.3 is 0 Å². The van der Waals surface area contributed by atoms with E-state index in [0.717, 1.165) is 19.3 Å². The van der Waals surface area contributed by atoms with E-state index in [9.17, 15) is 0 Å². The Morgan fingerprint density at radius 2 is 1.50 bits per heavy atom. The molecule has 0 aromatic carbocycles. The fraction of sp³-hybridized carbons (Fsp3) is 0.333. The predicted octanol–water partition coefficient (Wildman–Crippen LogP) is 3.80. The second-order valence-corrected chi connectivity index (χ2v) is 2.78. The minimum absolute atomic E-state index is 0.656. The lowest BCUT2D eigenvalue weighted by Crippen LogP contribution is -1.70. The Kier molecular flexibility index (Phi) is 8.65. The SMILES string of the molecule is CCC=CCC=CCC=CC=C(O)O. The molecule has 0 aliphatic carbocycles. The highest BCUT2D eigenvalue weighted by atomic mass is 16.5. The van der Waals surface area contributed by atoms with Gasteiger partial charge in [0.05, 0.1) is 0 Å². The highest BCUT2D eigenvalue weighted by Gasteiger charge is 1.75. The van der Waals surface area contributed by atoms with Gasteiger partial charge in [-0.2, -0.15) is 0 Å². The third kappa shape index (κ3) is 10.6. The normalized spacial score (nSPS) is 11.8. The third-order valence-electron chi connectivity index (χ3n) is 1.49. The highest BCUT2D eigenvalue weighted by molar-refractivity contribution is 5.05. The summed E-state index contributed by atoms with van der Waals surface area (Å²) in [6.45, 7) is 2.11. The Morgan fingerprint density at radius 1 is 0.929 bits per heavy atom. The molecule has 2 N–H and O–H groups in total. The molecule has 0 radical (unpaired) electrons. The molecule has 2 nitrogen and oxygen atoms in total. The maximum Gasteiger partial charge on any atom is 0.274 e. The fourth-order valence-electron chi connectivity index (χ4n) is 0.845. The van der Waals surface area contributed by atoms with E-state index in [2.05, 4.69) is 25.2 Å². The summed E-state index contributed by atoms with van der Waals surface area (Å²) in [5.74, 6) is -0.656. The van der Waals surface area contributed by atoms with Crippen LogP contribution in [0.1, 0.15) is 26.2 Å². The van der Waals surface area contributed by atoms with Crippen LogP contribution in [0.15, 0.2) is 48.5 Å². The summed E-state index contributed by atoms with van der Waals surface area (Å²) in [5.41, 5.74) is 0. The summed E-state index contributed by atoms with van der Waals surface area (Å²) >= 11 is 0. The van der Waals surface area contributed by atoms with Gasteiger partial charge in [-0.3, -0.25) is 0 Å². The highest BCUT2D eigenvalue weighted by Crippen LogP contribution is 1.92. The van der Waals surface area contributed by atoms with Crippen molar-refractivity contribution in [1.29, 1.82) is 0 Å². The molecule has 0 fully saturated rings. The van der Waals surface area contributed by atoms with Crippen LogP contribution in [0.3, 0.4) is 0 Å². The van der Waals surface area contributed by atoms with Crippen molar-refractivity contribution in [1.82, 2.24) is 0 Å². The first kappa shape index (κ1) is 12.6. The van der Waals surface area contributed by atoms with E-state index in [1.807, 2.05) is 12.2 Å². The summed E-state index contributed by atoms with van der Waals surface area (Å²) in [5, 5.41) is 16.8. The van der Waals surface area contributed by atoms with Gasteiger partial charge in [0, 0.05) is 6.08 Å². The topological polar surface area (TPSA) is 40.5 Å². The Morgan fingerprint density at radius 3 is 2.07 bits per heavy atom. The van der Waals surface area contributed by atoms with Crippen LogP contribution in [-0.4, -0.2) is 10.2 Å². The molecule has 0 heterocycles. The van der Waals surface area contributed by atoms with E-state index in [-0.39, 0.29) is 0 Å². The molecule has 0 saturated heterocycles. The average Bonchev–Trinajstić information content (AvgIpc) is 2.15. The number of hydrogen-bond donors (Lipinski definition) is 2. The van der Waals surface area contributed by atoms with Crippen LogP contribution < -0.4 is 0 Å². The van der Waals surface area contributed by atoms with Gasteiger partial charge in [0.2, 0.25) is 0 Å². The minimum Gasteiger partial charge on any atom is -0.481 e. The zero-order valence-electron chi connectivity index (χ0n) is 8.56. The van der Waals surface area contributed by atoms with Gasteiger partial charge in [-0.25, -0.2) is 0 Å². The van der Waals surface area contributed by atoms with Gasteiger partial charge in [-0.05, 0) is 19.3 Å². The van der Waals surface area contributed by atoms with Gasteiger partial charge < -0.3 is 10.2 Å². The van der Waals surface area contributed by atoms with Gasteiger partial charge in [-0.1, -0.05) is 43.4 Å². The van der Waals surface area contributed by atoms with Crippen molar-refractivity contribution in [3.05, 3.63) is 48.5 Å². The predicted molar refractivity (Wildman–Crippen MR) is 60.3 cm³/mol.